The molecular formula is C16H17NO3S. The summed E-state index contributed by atoms with van der Waals surface area (Å²) in [5.41, 5.74) is 1.75. The molecule has 4 nitrogen and oxygen atoms in total. The topological polar surface area (TPSA) is 66.4 Å². The van der Waals surface area contributed by atoms with Crippen molar-refractivity contribution in [3.8, 4) is 0 Å². The lowest BCUT2D eigenvalue weighted by atomic mass is 10.1. The van der Waals surface area contributed by atoms with Gasteiger partial charge < -0.3 is 10.4 Å². The Balaban J connectivity index is 2.11. The van der Waals surface area contributed by atoms with Crippen molar-refractivity contribution in [2.24, 2.45) is 0 Å². The second kappa shape index (κ2) is 6.54. The van der Waals surface area contributed by atoms with Crippen LogP contribution in [-0.2, 0) is 11.2 Å². The first kappa shape index (κ1) is 15.3. The van der Waals surface area contributed by atoms with E-state index in [2.05, 4.69) is 5.32 Å². The number of aryl methyl sites for hydroxylation is 2. The van der Waals surface area contributed by atoms with Crippen LogP contribution < -0.4 is 5.32 Å². The highest BCUT2D eigenvalue weighted by Crippen LogP contribution is 2.21. The smallest absolute Gasteiger partial charge is 0.326 e. The molecule has 0 saturated carbocycles. The number of carboxylic acids is 1. The molecule has 0 fully saturated rings. The summed E-state index contributed by atoms with van der Waals surface area (Å²) in [6.45, 7) is 3.78. The molecule has 1 aromatic heterocycles. The summed E-state index contributed by atoms with van der Waals surface area (Å²) >= 11 is 1.38. The first-order valence-corrected chi connectivity index (χ1v) is 7.43. The zero-order valence-corrected chi connectivity index (χ0v) is 12.7. The third-order valence-corrected chi connectivity index (χ3v) is 4.28. The summed E-state index contributed by atoms with van der Waals surface area (Å²) in [6.07, 6.45) is 0.269. The van der Waals surface area contributed by atoms with E-state index in [-0.39, 0.29) is 12.3 Å². The SMILES string of the molecule is Cc1cc(C)c(C(=O)N[C@H](Cc2ccccc2)C(=O)O)s1. The number of nitrogens with one attached hydrogen (secondary N) is 1. The van der Waals surface area contributed by atoms with E-state index in [1.807, 2.05) is 50.2 Å². The molecule has 0 unspecified atom stereocenters. The molecular weight excluding hydrogens is 286 g/mol. The third kappa shape index (κ3) is 3.92. The Bertz CT molecular complexity index is 649. The van der Waals surface area contributed by atoms with Crippen LogP contribution in [-0.4, -0.2) is 23.0 Å². The van der Waals surface area contributed by atoms with Crippen molar-refractivity contribution < 1.29 is 14.7 Å². The minimum atomic E-state index is -1.03. The van der Waals surface area contributed by atoms with Crippen LogP contribution in [0.1, 0.15) is 25.7 Å². The molecule has 5 heteroatoms. The fraction of sp³-hybridized carbons (Fsp3) is 0.250. The summed E-state index contributed by atoms with van der Waals surface area (Å²) in [5.74, 6) is -1.35. The molecule has 2 rings (SSSR count). The van der Waals surface area contributed by atoms with Crippen molar-refractivity contribution >= 4 is 23.2 Å². The van der Waals surface area contributed by atoms with Crippen LogP contribution >= 0.6 is 11.3 Å². The van der Waals surface area contributed by atoms with E-state index in [0.29, 0.717) is 4.88 Å². The standard InChI is InChI=1S/C16H17NO3S/c1-10-8-11(2)21-14(10)15(18)17-13(16(19)20)9-12-6-4-3-5-7-12/h3-8,13H,9H2,1-2H3,(H,17,18)(H,19,20)/t13-/m1/s1. The van der Waals surface area contributed by atoms with Gasteiger partial charge in [-0.05, 0) is 31.0 Å². The van der Waals surface area contributed by atoms with Gasteiger partial charge in [0, 0.05) is 11.3 Å². The number of benzene rings is 1. The predicted molar refractivity (Wildman–Crippen MR) is 82.8 cm³/mol. The van der Waals surface area contributed by atoms with Gasteiger partial charge in [0.2, 0.25) is 0 Å². The van der Waals surface area contributed by atoms with E-state index >= 15 is 0 Å². The third-order valence-electron chi connectivity index (χ3n) is 3.13. The zero-order valence-electron chi connectivity index (χ0n) is 11.9. The summed E-state index contributed by atoms with van der Waals surface area (Å²) in [6, 6.07) is 10.3. The van der Waals surface area contributed by atoms with Crippen molar-refractivity contribution in [1.82, 2.24) is 5.32 Å². The molecule has 0 bridgehead atoms. The molecule has 2 N–H and O–H groups in total. The van der Waals surface area contributed by atoms with E-state index in [0.717, 1.165) is 16.0 Å². The van der Waals surface area contributed by atoms with Crippen molar-refractivity contribution in [3.63, 3.8) is 0 Å². The number of carbonyl (C=O) groups excluding carboxylic acids is 1. The minimum absolute atomic E-state index is 0.269. The summed E-state index contributed by atoms with van der Waals surface area (Å²) in [7, 11) is 0. The van der Waals surface area contributed by atoms with Crippen molar-refractivity contribution in [2.75, 3.05) is 0 Å². The molecule has 21 heavy (non-hydrogen) atoms. The Morgan fingerprint density at radius 1 is 1.24 bits per heavy atom. The highest BCUT2D eigenvalue weighted by Gasteiger charge is 2.22. The number of amides is 1. The monoisotopic (exact) mass is 303 g/mol. The van der Waals surface area contributed by atoms with Gasteiger partial charge in [-0.1, -0.05) is 30.3 Å². The summed E-state index contributed by atoms with van der Waals surface area (Å²) in [5, 5.41) is 11.9. The predicted octanol–water partition coefficient (Wildman–Crippen LogP) is 2.79. The Morgan fingerprint density at radius 2 is 1.90 bits per heavy atom. The second-order valence-electron chi connectivity index (χ2n) is 4.92. The highest BCUT2D eigenvalue weighted by molar-refractivity contribution is 7.14. The molecule has 0 spiro atoms. The number of hydrogen-bond acceptors (Lipinski definition) is 3. The lowest BCUT2D eigenvalue weighted by Crippen LogP contribution is -2.42. The van der Waals surface area contributed by atoms with E-state index in [1.165, 1.54) is 11.3 Å². The van der Waals surface area contributed by atoms with Crippen molar-refractivity contribution in [2.45, 2.75) is 26.3 Å². The van der Waals surface area contributed by atoms with Gasteiger partial charge in [0.05, 0.1) is 4.88 Å². The van der Waals surface area contributed by atoms with Crippen molar-refractivity contribution in [1.29, 1.82) is 0 Å². The van der Waals surface area contributed by atoms with Crippen LogP contribution in [0, 0.1) is 13.8 Å². The lowest BCUT2D eigenvalue weighted by Gasteiger charge is -2.14. The van der Waals surface area contributed by atoms with Gasteiger partial charge in [0.25, 0.3) is 5.91 Å². The molecule has 0 saturated heterocycles. The van der Waals surface area contributed by atoms with Gasteiger partial charge in [-0.15, -0.1) is 11.3 Å². The molecule has 110 valence electrons. The van der Waals surface area contributed by atoms with Gasteiger partial charge in [0.15, 0.2) is 0 Å². The average molecular weight is 303 g/mol. The number of carbonyl (C=O) groups is 2. The molecule has 0 aliphatic carbocycles. The summed E-state index contributed by atoms with van der Waals surface area (Å²) < 4.78 is 0. The van der Waals surface area contributed by atoms with E-state index in [9.17, 15) is 14.7 Å². The minimum Gasteiger partial charge on any atom is -0.480 e. The van der Waals surface area contributed by atoms with Gasteiger partial charge in [-0.25, -0.2) is 4.79 Å². The van der Waals surface area contributed by atoms with Gasteiger partial charge in [-0.2, -0.15) is 0 Å². The molecule has 1 aromatic carbocycles. The van der Waals surface area contributed by atoms with Crippen LogP contribution in [0.5, 0.6) is 0 Å². The highest BCUT2D eigenvalue weighted by atomic mass is 32.1. The molecule has 0 aliphatic rings. The van der Waals surface area contributed by atoms with E-state index < -0.39 is 12.0 Å². The number of thiophene rings is 1. The quantitative estimate of drug-likeness (QED) is 0.892. The molecule has 1 atom stereocenters. The number of hydrogen-bond donors (Lipinski definition) is 2. The van der Waals surface area contributed by atoms with Crippen LogP contribution in [0.15, 0.2) is 36.4 Å². The van der Waals surface area contributed by atoms with E-state index in [4.69, 9.17) is 0 Å². The number of aliphatic carboxylic acids is 1. The largest absolute Gasteiger partial charge is 0.480 e. The van der Waals surface area contributed by atoms with E-state index in [1.54, 1.807) is 0 Å². The normalized spacial score (nSPS) is 11.9. The maximum Gasteiger partial charge on any atom is 0.326 e. The maximum atomic E-state index is 12.2. The zero-order chi connectivity index (χ0) is 15.4. The maximum absolute atomic E-state index is 12.2. The summed E-state index contributed by atoms with van der Waals surface area (Å²) in [4.78, 5) is 25.2. The van der Waals surface area contributed by atoms with Gasteiger partial charge in [-0.3, -0.25) is 4.79 Å². The van der Waals surface area contributed by atoms with Crippen LogP contribution in [0.25, 0.3) is 0 Å². The molecule has 1 amide bonds. The van der Waals surface area contributed by atoms with Gasteiger partial charge >= 0.3 is 5.97 Å². The number of rotatable bonds is 5. The second-order valence-corrected chi connectivity index (χ2v) is 6.18. The lowest BCUT2D eigenvalue weighted by molar-refractivity contribution is -0.139. The number of carboxylic acid groups (broad SMARTS) is 1. The Hall–Kier alpha value is -2.14. The molecule has 1 heterocycles. The average Bonchev–Trinajstić information content (AvgIpc) is 2.78. The van der Waals surface area contributed by atoms with Gasteiger partial charge in [0.1, 0.15) is 6.04 Å². The van der Waals surface area contributed by atoms with Crippen LogP contribution in [0.3, 0.4) is 0 Å². The Kier molecular flexibility index (Phi) is 4.75. The molecule has 2 aromatic rings. The van der Waals surface area contributed by atoms with Crippen molar-refractivity contribution in [3.05, 3.63) is 57.3 Å². The molecule has 0 aliphatic heterocycles. The van der Waals surface area contributed by atoms with Crippen LogP contribution in [0.2, 0.25) is 0 Å². The first-order valence-electron chi connectivity index (χ1n) is 6.62. The molecule has 0 radical (unpaired) electrons. The Morgan fingerprint density at radius 3 is 2.43 bits per heavy atom. The van der Waals surface area contributed by atoms with Crippen LogP contribution in [0.4, 0.5) is 0 Å². The first-order chi connectivity index (χ1) is 9.97. The Labute approximate surface area is 127 Å². The fourth-order valence-electron chi connectivity index (χ4n) is 2.14. The fourth-order valence-corrected chi connectivity index (χ4v) is 3.07.